The molecule has 0 bridgehead atoms. The zero-order valence-electron chi connectivity index (χ0n) is 21.7. The van der Waals surface area contributed by atoms with Crippen molar-refractivity contribution in [2.24, 2.45) is 0 Å². The molecule has 2 amide bonds. The first-order valence-electron chi connectivity index (χ1n) is 12.4. The number of sulfonamides is 1. The van der Waals surface area contributed by atoms with Gasteiger partial charge in [-0.15, -0.1) is 0 Å². The number of anilines is 1. The fourth-order valence-corrected chi connectivity index (χ4v) is 5.63. The van der Waals surface area contributed by atoms with Gasteiger partial charge in [0.25, 0.3) is 5.69 Å². The van der Waals surface area contributed by atoms with Crippen LogP contribution in [0.1, 0.15) is 50.2 Å². The van der Waals surface area contributed by atoms with Crippen molar-refractivity contribution in [3.05, 3.63) is 68.7 Å². The van der Waals surface area contributed by atoms with Crippen molar-refractivity contribution in [1.82, 2.24) is 10.2 Å². The topological polar surface area (TPSA) is 130 Å². The van der Waals surface area contributed by atoms with Gasteiger partial charge in [-0.25, -0.2) is 8.42 Å². The first kappa shape index (κ1) is 29.4. The number of benzene rings is 2. The molecule has 0 radical (unpaired) electrons. The fraction of sp³-hybridized carbons (Fsp3) is 0.462. The van der Waals surface area contributed by atoms with E-state index in [1.54, 1.807) is 38.1 Å². The van der Waals surface area contributed by atoms with Gasteiger partial charge in [-0.05, 0) is 43.9 Å². The van der Waals surface area contributed by atoms with E-state index in [-0.39, 0.29) is 29.9 Å². The molecule has 0 aromatic heterocycles. The maximum absolute atomic E-state index is 13.7. The lowest BCUT2D eigenvalue weighted by Gasteiger charge is -2.33. The maximum Gasteiger partial charge on any atom is 0.271 e. The van der Waals surface area contributed by atoms with Gasteiger partial charge in [0.2, 0.25) is 21.8 Å². The van der Waals surface area contributed by atoms with Crippen LogP contribution in [0.15, 0.2) is 42.5 Å². The average molecular weight is 565 g/mol. The smallest absolute Gasteiger partial charge is 0.271 e. The van der Waals surface area contributed by atoms with Crippen molar-refractivity contribution in [2.45, 2.75) is 64.6 Å². The molecule has 0 spiro atoms. The average Bonchev–Trinajstić information content (AvgIpc) is 2.86. The fourth-order valence-electron chi connectivity index (χ4n) is 4.54. The Morgan fingerprint density at radius 3 is 2.42 bits per heavy atom. The molecule has 2 aromatic rings. The van der Waals surface area contributed by atoms with Crippen molar-refractivity contribution in [2.75, 3.05) is 17.1 Å². The van der Waals surface area contributed by atoms with Crippen LogP contribution in [-0.2, 0) is 26.2 Å². The number of rotatable bonds is 10. The third kappa shape index (κ3) is 7.44. The second-order valence-electron chi connectivity index (χ2n) is 9.63. The molecular weight excluding hydrogens is 532 g/mol. The normalized spacial score (nSPS) is 14.9. The lowest BCUT2D eigenvalue weighted by atomic mass is 9.95. The van der Waals surface area contributed by atoms with Crippen LogP contribution in [0.5, 0.6) is 0 Å². The molecule has 0 saturated heterocycles. The lowest BCUT2D eigenvalue weighted by molar-refractivity contribution is -0.384. The number of hydrogen-bond donors (Lipinski definition) is 1. The van der Waals surface area contributed by atoms with Gasteiger partial charge in [-0.3, -0.25) is 24.0 Å². The molecule has 0 aliphatic heterocycles. The SMILES string of the molecule is Cc1ccc([N+](=O)[O-])cc1N(CC(=O)N(Cc1ccccc1Cl)[C@H](C)C(=O)NC1CCCCC1)S(C)(=O)=O. The van der Waals surface area contributed by atoms with Crippen molar-refractivity contribution in [1.29, 1.82) is 0 Å². The van der Waals surface area contributed by atoms with E-state index in [9.17, 15) is 28.1 Å². The number of non-ortho nitro benzene ring substituents is 1. The van der Waals surface area contributed by atoms with E-state index < -0.39 is 33.4 Å². The second-order valence-corrected chi connectivity index (χ2v) is 11.9. The second kappa shape index (κ2) is 12.6. The molecule has 1 fully saturated rings. The van der Waals surface area contributed by atoms with Crippen molar-refractivity contribution in [3.8, 4) is 0 Å². The van der Waals surface area contributed by atoms with Crippen LogP contribution < -0.4 is 9.62 Å². The van der Waals surface area contributed by atoms with Gasteiger partial charge in [0, 0.05) is 29.7 Å². The number of halogens is 1. The quantitative estimate of drug-likeness (QED) is 0.340. The summed E-state index contributed by atoms with van der Waals surface area (Å²) in [6, 6.07) is 9.82. The lowest BCUT2D eigenvalue weighted by Crippen LogP contribution is -2.53. The third-order valence-corrected chi connectivity index (χ3v) is 8.26. The molecule has 1 aliphatic rings. The van der Waals surface area contributed by atoms with Crippen LogP contribution in [0.25, 0.3) is 0 Å². The van der Waals surface area contributed by atoms with Crippen LogP contribution in [0.4, 0.5) is 11.4 Å². The van der Waals surface area contributed by atoms with E-state index in [2.05, 4.69) is 5.32 Å². The first-order chi connectivity index (χ1) is 17.9. The van der Waals surface area contributed by atoms with Crippen molar-refractivity contribution >= 4 is 44.8 Å². The van der Waals surface area contributed by atoms with Crippen molar-refractivity contribution < 1.29 is 22.9 Å². The number of nitro benzene ring substituents is 1. The predicted octanol–water partition coefficient (Wildman–Crippen LogP) is 4.19. The largest absolute Gasteiger partial charge is 0.352 e. The molecular formula is C26H33ClN4O6S. The Hall–Kier alpha value is -3.18. The molecule has 12 heteroatoms. The van der Waals surface area contributed by atoms with Crippen LogP contribution in [0.2, 0.25) is 5.02 Å². The number of amides is 2. The van der Waals surface area contributed by atoms with Crippen LogP contribution in [0.3, 0.4) is 0 Å². The van der Waals surface area contributed by atoms with E-state index in [0.29, 0.717) is 16.1 Å². The summed E-state index contributed by atoms with van der Waals surface area (Å²) in [5.41, 5.74) is 0.749. The molecule has 1 saturated carbocycles. The summed E-state index contributed by atoms with van der Waals surface area (Å²) in [5, 5.41) is 14.8. The minimum Gasteiger partial charge on any atom is -0.352 e. The first-order valence-corrected chi connectivity index (χ1v) is 14.7. The molecule has 1 atom stereocenters. The van der Waals surface area contributed by atoms with E-state index in [1.807, 2.05) is 0 Å². The molecule has 0 heterocycles. The van der Waals surface area contributed by atoms with Gasteiger partial charge in [0.15, 0.2) is 0 Å². The van der Waals surface area contributed by atoms with Gasteiger partial charge in [-0.1, -0.05) is 55.1 Å². The van der Waals surface area contributed by atoms with Gasteiger partial charge in [-0.2, -0.15) is 0 Å². The summed E-state index contributed by atoms with van der Waals surface area (Å²) in [7, 11) is -4.02. The summed E-state index contributed by atoms with van der Waals surface area (Å²) in [5.74, 6) is -0.984. The molecule has 206 valence electrons. The van der Waals surface area contributed by atoms with E-state index >= 15 is 0 Å². The highest BCUT2D eigenvalue weighted by molar-refractivity contribution is 7.92. The standard InChI is InChI=1S/C26H33ClN4O6S/c1-18-13-14-22(31(34)35)15-24(18)30(38(3,36)37)17-25(32)29(16-20-9-7-8-12-23(20)27)19(2)26(33)28-21-10-5-4-6-11-21/h7-9,12-15,19,21H,4-6,10-11,16-17H2,1-3H3,(H,28,33)/t19-/m1/s1. The molecule has 10 nitrogen and oxygen atoms in total. The van der Waals surface area contributed by atoms with E-state index in [1.165, 1.54) is 17.0 Å². The van der Waals surface area contributed by atoms with Gasteiger partial charge in [0.1, 0.15) is 12.6 Å². The maximum atomic E-state index is 13.7. The summed E-state index contributed by atoms with van der Waals surface area (Å²) in [6.45, 7) is 2.52. The van der Waals surface area contributed by atoms with E-state index in [4.69, 9.17) is 11.6 Å². The van der Waals surface area contributed by atoms with Crippen LogP contribution in [-0.4, -0.2) is 54.9 Å². The number of nitro groups is 1. The van der Waals surface area contributed by atoms with Gasteiger partial charge >= 0.3 is 0 Å². The highest BCUT2D eigenvalue weighted by Crippen LogP contribution is 2.28. The Morgan fingerprint density at radius 2 is 1.82 bits per heavy atom. The summed E-state index contributed by atoms with van der Waals surface area (Å²) in [4.78, 5) is 38.9. The number of carbonyl (C=O) groups excluding carboxylic acids is 2. The van der Waals surface area contributed by atoms with Gasteiger partial charge in [0.05, 0.1) is 16.9 Å². The number of nitrogens with one attached hydrogen (secondary N) is 1. The number of nitrogens with zero attached hydrogens (tertiary/aromatic N) is 3. The van der Waals surface area contributed by atoms with Crippen LogP contribution >= 0.6 is 11.6 Å². The molecule has 2 aromatic carbocycles. The molecule has 38 heavy (non-hydrogen) atoms. The molecule has 3 rings (SSSR count). The zero-order valence-corrected chi connectivity index (χ0v) is 23.3. The Kier molecular flexibility index (Phi) is 9.72. The number of carbonyl (C=O) groups is 2. The van der Waals surface area contributed by atoms with Crippen LogP contribution in [0, 0.1) is 17.0 Å². The molecule has 1 aliphatic carbocycles. The molecule has 0 unspecified atom stereocenters. The predicted molar refractivity (Wildman–Crippen MR) is 147 cm³/mol. The summed E-state index contributed by atoms with van der Waals surface area (Å²) < 4.78 is 26.4. The minimum absolute atomic E-state index is 0.0204. The summed E-state index contributed by atoms with van der Waals surface area (Å²) in [6.07, 6.45) is 5.82. The highest BCUT2D eigenvalue weighted by atomic mass is 35.5. The zero-order chi connectivity index (χ0) is 28.0. The van der Waals surface area contributed by atoms with E-state index in [0.717, 1.165) is 48.7 Å². The Labute approximate surface area is 228 Å². The van der Waals surface area contributed by atoms with Gasteiger partial charge < -0.3 is 10.2 Å². The molecule has 1 N–H and O–H groups in total. The Morgan fingerprint density at radius 1 is 1.16 bits per heavy atom. The Bertz CT molecular complexity index is 1300. The Balaban J connectivity index is 1.94. The number of hydrogen-bond acceptors (Lipinski definition) is 6. The highest BCUT2D eigenvalue weighted by Gasteiger charge is 2.32. The minimum atomic E-state index is -4.02. The monoisotopic (exact) mass is 564 g/mol. The van der Waals surface area contributed by atoms with Crippen molar-refractivity contribution in [3.63, 3.8) is 0 Å². The summed E-state index contributed by atoms with van der Waals surface area (Å²) >= 11 is 6.35. The third-order valence-electron chi connectivity index (χ3n) is 6.77. The number of aryl methyl sites for hydroxylation is 1.